The van der Waals surface area contributed by atoms with Gasteiger partial charge in [-0.1, -0.05) is 25.7 Å². The molecule has 0 aromatic carbocycles. The Labute approximate surface area is 104 Å². The van der Waals surface area contributed by atoms with Gasteiger partial charge in [0.15, 0.2) is 0 Å². The predicted octanol–water partition coefficient (Wildman–Crippen LogP) is 3.28. The van der Waals surface area contributed by atoms with E-state index in [0.717, 1.165) is 0 Å². The summed E-state index contributed by atoms with van der Waals surface area (Å²) in [7, 11) is 4.15. The number of nitrogens with one attached hydrogen (secondary N) is 1. The van der Waals surface area contributed by atoms with E-state index in [-0.39, 0.29) is 0 Å². The molecule has 17 heavy (non-hydrogen) atoms. The third-order valence-electron chi connectivity index (χ3n) is 3.49. The molecule has 1 aromatic heterocycles. The largest absolute Gasteiger partial charge is 0.379 e. The third-order valence-corrected chi connectivity index (χ3v) is 3.49. The molecule has 0 unspecified atom stereocenters. The van der Waals surface area contributed by atoms with Gasteiger partial charge in [0, 0.05) is 26.3 Å². The van der Waals surface area contributed by atoms with Crippen LogP contribution in [0.5, 0.6) is 0 Å². The second kappa shape index (κ2) is 5.89. The van der Waals surface area contributed by atoms with Gasteiger partial charge >= 0.3 is 0 Å². The summed E-state index contributed by atoms with van der Waals surface area (Å²) in [5.74, 6) is 0. The van der Waals surface area contributed by atoms with Crippen molar-refractivity contribution in [1.29, 1.82) is 0 Å². The fourth-order valence-electron chi connectivity index (χ4n) is 2.53. The summed E-state index contributed by atoms with van der Waals surface area (Å²) in [6.07, 6.45) is 11.9. The lowest BCUT2D eigenvalue weighted by atomic mass is 10.1. The van der Waals surface area contributed by atoms with Gasteiger partial charge in [0.05, 0.1) is 17.6 Å². The summed E-state index contributed by atoms with van der Waals surface area (Å²) in [5, 5.41) is 3.67. The first kappa shape index (κ1) is 12.2. The van der Waals surface area contributed by atoms with Gasteiger partial charge in [0.2, 0.25) is 0 Å². The summed E-state index contributed by atoms with van der Waals surface area (Å²) in [5.41, 5.74) is 2.40. The summed E-state index contributed by atoms with van der Waals surface area (Å²) >= 11 is 0. The number of aromatic nitrogens is 1. The zero-order chi connectivity index (χ0) is 12.1. The van der Waals surface area contributed by atoms with Crippen molar-refractivity contribution in [3.63, 3.8) is 0 Å². The average molecular weight is 233 g/mol. The second-order valence-electron chi connectivity index (χ2n) is 5.12. The Morgan fingerprint density at radius 1 is 1.18 bits per heavy atom. The molecule has 1 N–H and O–H groups in total. The molecular weight excluding hydrogens is 210 g/mol. The minimum absolute atomic E-state index is 0.625. The Balaban J connectivity index is 2.06. The van der Waals surface area contributed by atoms with Gasteiger partial charge < -0.3 is 10.2 Å². The highest BCUT2D eigenvalue weighted by Crippen LogP contribution is 2.26. The first-order chi connectivity index (χ1) is 8.27. The average Bonchev–Trinajstić information content (AvgIpc) is 2.58. The van der Waals surface area contributed by atoms with Crippen molar-refractivity contribution in [3.05, 3.63) is 18.5 Å². The molecule has 94 valence electrons. The fraction of sp³-hybridized carbons (Fsp3) is 0.643. The lowest BCUT2D eigenvalue weighted by Gasteiger charge is -2.22. The SMILES string of the molecule is CN(C)c1ccncc1NC1CCCCCC1. The van der Waals surface area contributed by atoms with Crippen molar-refractivity contribution < 1.29 is 0 Å². The molecule has 0 amide bonds. The monoisotopic (exact) mass is 233 g/mol. The molecule has 1 aliphatic rings. The molecule has 1 fully saturated rings. The van der Waals surface area contributed by atoms with Gasteiger partial charge in [-0.2, -0.15) is 0 Å². The first-order valence-corrected chi connectivity index (χ1v) is 6.65. The van der Waals surface area contributed by atoms with Crippen LogP contribution in [0, 0.1) is 0 Å². The molecule has 3 nitrogen and oxygen atoms in total. The highest BCUT2D eigenvalue weighted by atomic mass is 15.1. The van der Waals surface area contributed by atoms with E-state index in [4.69, 9.17) is 0 Å². The van der Waals surface area contributed by atoms with Crippen LogP contribution in [0.15, 0.2) is 18.5 Å². The molecule has 1 heterocycles. The summed E-state index contributed by atoms with van der Waals surface area (Å²) in [6.45, 7) is 0. The Morgan fingerprint density at radius 2 is 1.88 bits per heavy atom. The molecule has 1 aromatic rings. The lowest BCUT2D eigenvalue weighted by molar-refractivity contribution is 0.619. The van der Waals surface area contributed by atoms with Crippen molar-refractivity contribution in [1.82, 2.24) is 4.98 Å². The number of hydrogen-bond donors (Lipinski definition) is 1. The van der Waals surface area contributed by atoms with Crippen molar-refractivity contribution in [3.8, 4) is 0 Å². The van der Waals surface area contributed by atoms with Crippen LogP contribution in [-0.2, 0) is 0 Å². The Morgan fingerprint density at radius 3 is 2.53 bits per heavy atom. The standard InChI is InChI=1S/C14H23N3/c1-17(2)14-9-10-15-11-13(14)16-12-7-5-3-4-6-8-12/h9-12,16H,3-8H2,1-2H3. The van der Waals surface area contributed by atoms with Crippen LogP contribution in [0.3, 0.4) is 0 Å². The van der Waals surface area contributed by atoms with Gasteiger partial charge in [0.1, 0.15) is 0 Å². The van der Waals surface area contributed by atoms with Crippen LogP contribution in [0.25, 0.3) is 0 Å². The van der Waals surface area contributed by atoms with Crippen molar-refractivity contribution >= 4 is 11.4 Å². The molecule has 0 atom stereocenters. The summed E-state index contributed by atoms with van der Waals surface area (Å²) < 4.78 is 0. The highest BCUT2D eigenvalue weighted by molar-refractivity contribution is 5.68. The molecule has 1 saturated carbocycles. The molecule has 3 heteroatoms. The Bertz CT molecular complexity index is 341. The normalized spacial score (nSPS) is 17.5. The Hall–Kier alpha value is -1.25. The van der Waals surface area contributed by atoms with Crippen LogP contribution >= 0.6 is 0 Å². The van der Waals surface area contributed by atoms with E-state index in [1.165, 1.54) is 49.9 Å². The van der Waals surface area contributed by atoms with E-state index in [2.05, 4.69) is 35.4 Å². The number of anilines is 2. The second-order valence-corrected chi connectivity index (χ2v) is 5.12. The predicted molar refractivity (Wildman–Crippen MR) is 73.7 cm³/mol. The molecular formula is C14H23N3. The lowest BCUT2D eigenvalue weighted by Crippen LogP contribution is -2.21. The maximum atomic E-state index is 4.23. The van der Waals surface area contributed by atoms with Crippen LogP contribution in [-0.4, -0.2) is 25.1 Å². The summed E-state index contributed by atoms with van der Waals surface area (Å²) in [6, 6.07) is 2.69. The number of nitrogens with zero attached hydrogens (tertiary/aromatic N) is 2. The number of rotatable bonds is 3. The smallest absolute Gasteiger partial charge is 0.0766 e. The minimum atomic E-state index is 0.625. The zero-order valence-corrected chi connectivity index (χ0v) is 10.9. The quantitative estimate of drug-likeness (QED) is 0.812. The van der Waals surface area contributed by atoms with Crippen molar-refractivity contribution in [2.24, 2.45) is 0 Å². The van der Waals surface area contributed by atoms with E-state index in [1.807, 2.05) is 12.4 Å². The third kappa shape index (κ3) is 3.35. The maximum Gasteiger partial charge on any atom is 0.0766 e. The van der Waals surface area contributed by atoms with Gasteiger partial charge in [0.25, 0.3) is 0 Å². The summed E-state index contributed by atoms with van der Waals surface area (Å²) in [4.78, 5) is 6.37. The van der Waals surface area contributed by atoms with Crippen molar-refractivity contribution in [2.75, 3.05) is 24.3 Å². The van der Waals surface area contributed by atoms with Crippen molar-refractivity contribution in [2.45, 2.75) is 44.6 Å². The number of hydrogen-bond acceptors (Lipinski definition) is 3. The van der Waals surface area contributed by atoms with Gasteiger partial charge in [-0.15, -0.1) is 0 Å². The molecule has 0 aliphatic heterocycles. The molecule has 0 bridgehead atoms. The van der Waals surface area contributed by atoms with E-state index in [0.29, 0.717) is 6.04 Å². The van der Waals surface area contributed by atoms with Crippen LogP contribution in [0.1, 0.15) is 38.5 Å². The van der Waals surface area contributed by atoms with E-state index < -0.39 is 0 Å². The maximum absolute atomic E-state index is 4.23. The molecule has 2 rings (SSSR count). The minimum Gasteiger partial charge on any atom is -0.379 e. The zero-order valence-electron chi connectivity index (χ0n) is 10.9. The van der Waals surface area contributed by atoms with E-state index in [9.17, 15) is 0 Å². The van der Waals surface area contributed by atoms with Gasteiger partial charge in [-0.25, -0.2) is 0 Å². The van der Waals surface area contributed by atoms with Crippen LogP contribution < -0.4 is 10.2 Å². The molecule has 0 saturated heterocycles. The first-order valence-electron chi connectivity index (χ1n) is 6.65. The van der Waals surface area contributed by atoms with Gasteiger partial charge in [-0.05, 0) is 18.9 Å². The molecule has 0 radical (unpaired) electrons. The van der Waals surface area contributed by atoms with Crippen LogP contribution in [0.2, 0.25) is 0 Å². The molecule has 1 aliphatic carbocycles. The van der Waals surface area contributed by atoms with Gasteiger partial charge in [-0.3, -0.25) is 4.98 Å². The highest BCUT2D eigenvalue weighted by Gasteiger charge is 2.13. The molecule has 0 spiro atoms. The fourth-order valence-corrected chi connectivity index (χ4v) is 2.53. The van der Waals surface area contributed by atoms with Crippen LogP contribution in [0.4, 0.5) is 11.4 Å². The Kier molecular flexibility index (Phi) is 4.24. The topological polar surface area (TPSA) is 28.2 Å². The number of pyridine rings is 1. The van der Waals surface area contributed by atoms with E-state index >= 15 is 0 Å². The van der Waals surface area contributed by atoms with E-state index in [1.54, 1.807) is 0 Å².